The lowest BCUT2D eigenvalue weighted by molar-refractivity contribution is 0.292. The van der Waals surface area contributed by atoms with E-state index in [1.54, 1.807) is 22.6 Å². The van der Waals surface area contributed by atoms with Gasteiger partial charge in [-0.25, -0.2) is 8.42 Å². The Bertz CT molecular complexity index is 566. The predicted molar refractivity (Wildman–Crippen MR) is 83.1 cm³/mol. The van der Waals surface area contributed by atoms with Crippen molar-refractivity contribution in [3.05, 3.63) is 24.0 Å². The molecule has 1 aromatic heterocycles. The first-order chi connectivity index (χ1) is 9.96. The van der Waals surface area contributed by atoms with E-state index in [2.05, 4.69) is 4.98 Å². The van der Waals surface area contributed by atoms with Crippen molar-refractivity contribution in [3.8, 4) is 0 Å². The van der Waals surface area contributed by atoms with Gasteiger partial charge in [-0.3, -0.25) is 4.98 Å². The van der Waals surface area contributed by atoms with Crippen LogP contribution >= 0.6 is 0 Å². The van der Waals surface area contributed by atoms with Crippen molar-refractivity contribution in [2.24, 2.45) is 11.7 Å². The van der Waals surface area contributed by atoms with Crippen molar-refractivity contribution in [1.29, 1.82) is 0 Å². The average Bonchev–Trinajstić information content (AvgIpc) is 2.98. The number of aromatic nitrogens is 1. The Morgan fingerprint density at radius 2 is 2.05 bits per heavy atom. The summed E-state index contributed by atoms with van der Waals surface area (Å²) in [6.07, 6.45) is 5.69. The first-order valence-electron chi connectivity index (χ1n) is 7.62. The van der Waals surface area contributed by atoms with E-state index in [1.165, 1.54) is 0 Å². The fraction of sp³-hybridized carbons (Fsp3) is 0.667. The van der Waals surface area contributed by atoms with Crippen molar-refractivity contribution >= 4 is 10.0 Å². The average molecular weight is 311 g/mol. The highest BCUT2D eigenvalue weighted by molar-refractivity contribution is 7.89. The van der Waals surface area contributed by atoms with E-state index in [9.17, 15) is 8.42 Å². The van der Waals surface area contributed by atoms with Gasteiger partial charge in [-0.05, 0) is 30.9 Å². The van der Waals surface area contributed by atoms with Gasteiger partial charge < -0.3 is 5.73 Å². The molecule has 0 unspecified atom stereocenters. The van der Waals surface area contributed by atoms with E-state index in [0.29, 0.717) is 18.2 Å². The Hall–Kier alpha value is -0.980. The molecule has 1 heterocycles. The second kappa shape index (κ2) is 6.85. The predicted octanol–water partition coefficient (Wildman–Crippen LogP) is 2.13. The highest BCUT2D eigenvalue weighted by Crippen LogP contribution is 2.30. The van der Waals surface area contributed by atoms with Gasteiger partial charge in [0.15, 0.2) is 0 Å². The third-order valence-corrected chi connectivity index (χ3v) is 5.90. The summed E-state index contributed by atoms with van der Waals surface area (Å²) >= 11 is 0. The summed E-state index contributed by atoms with van der Waals surface area (Å²) in [6, 6.07) is 3.39. The van der Waals surface area contributed by atoms with Crippen LogP contribution in [0.15, 0.2) is 23.2 Å². The van der Waals surface area contributed by atoms with E-state index >= 15 is 0 Å². The summed E-state index contributed by atoms with van der Waals surface area (Å²) in [7, 11) is -3.53. The Morgan fingerprint density at radius 3 is 2.62 bits per heavy atom. The molecule has 0 spiro atoms. The van der Waals surface area contributed by atoms with Gasteiger partial charge in [-0.15, -0.1) is 0 Å². The fourth-order valence-electron chi connectivity index (χ4n) is 2.93. The monoisotopic (exact) mass is 311 g/mol. The van der Waals surface area contributed by atoms with E-state index in [0.717, 1.165) is 25.7 Å². The highest BCUT2D eigenvalue weighted by atomic mass is 32.2. The lowest BCUT2D eigenvalue weighted by Crippen LogP contribution is -2.41. The molecule has 0 bridgehead atoms. The van der Waals surface area contributed by atoms with Crippen molar-refractivity contribution in [2.75, 3.05) is 6.54 Å². The molecule has 1 aliphatic carbocycles. The highest BCUT2D eigenvalue weighted by Gasteiger charge is 2.34. The summed E-state index contributed by atoms with van der Waals surface area (Å²) < 4.78 is 27.8. The Kier molecular flexibility index (Phi) is 5.35. The molecule has 1 saturated carbocycles. The molecular formula is C15H25N3O2S. The van der Waals surface area contributed by atoms with E-state index in [1.807, 2.05) is 13.8 Å². The normalized spacial score (nSPS) is 17.0. The van der Waals surface area contributed by atoms with Gasteiger partial charge in [-0.2, -0.15) is 4.31 Å². The van der Waals surface area contributed by atoms with Crippen LogP contribution < -0.4 is 5.73 Å². The lowest BCUT2D eigenvalue weighted by Gasteiger charge is -2.30. The number of nitrogens with zero attached hydrogens (tertiary/aromatic N) is 2. The molecule has 1 fully saturated rings. The maximum Gasteiger partial charge on any atom is 0.245 e. The Balaban J connectivity index is 2.41. The largest absolute Gasteiger partial charge is 0.325 e. The number of pyridine rings is 1. The number of sulfonamides is 1. The van der Waals surface area contributed by atoms with Gasteiger partial charge in [0, 0.05) is 25.3 Å². The standard InChI is InChI=1S/C15H25N3O2S/c1-12(2)11-18(13-6-3-4-7-13)21(19,20)15-8-5-9-17-14(15)10-16/h5,8-9,12-13H,3-4,6-7,10-11,16H2,1-2H3. The number of rotatable bonds is 6. The molecule has 0 amide bonds. The summed E-state index contributed by atoms with van der Waals surface area (Å²) in [5, 5.41) is 0. The van der Waals surface area contributed by atoms with Crippen molar-refractivity contribution < 1.29 is 8.42 Å². The van der Waals surface area contributed by atoms with Crippen LogP contribution in [0.1, 0.15) is 45.2 Å². The molecular weight excluding hydrogens is 286 g/mol. The van der Waals surface area contributed by atoms with Gasteiger partial charge >= 0.3 is 0 Å². The molecule has 21 heavy (non-hydrogen) atoms. The molecule has 5 nitrogen and oxygen atoms in total. The van der Waals surface area contributed by atoms with Crippen LogP contribution in [-0.4, -0.2) is 30.3 Å². The number of nitrogens with two attached hydrogens (primary N) is 1. The summed E-state index contributed by atoms with van der Waals surface area (Å²) in [4.78, 5) is 4.38. The van der Waals surface area contributed by atoms with Crippen LogP contribution in [0.25, 0.3) is 0 Å². The number of hydrogen-bond donors (Lipinski definition) is 1. The zero-order valence-corrected chi connectivity index (χ0v) is 13.6. The maximum atomic E-state index is 13.1. The fourth-order valence-corrected chi connectivity index (χ4v) is 4.97. The third-order valence-electron chi connectivity index (χ3n) is 3.91. The van der Waals surface area contributed by atoms with Crippen LogP contribution in [0.3, 0.4) is 0 Å². The van der Waals surface area contributed by atoms with Crippen LogP contribution in [0.5, 0.6) is 0 Å². The first-order valence-corrected chi connectivity index (χ1v) is 9.06. The van der Waals surface area contributed by atoms with Crippen LogP contribution in [-0.2, 0) is 16.6 Å². The van der Waals surface area contributed by atoms with E-state index in [-0.39, 0.29) is 17.5 Å². The minimum absolute atomic E-state index is 0.114. The minimum atomic E-state index is -3.53. The number of hydrogen-bond acceptors (Lipinski definition) is 4. The molecule has 0 aromatic carbocycles. The Morgan fingerprint density at radius 1 is 1.38 bits per heavy atom. The first kappa shape index (κ1) is 16.4. The third kappa shape index (κ3) is 3.62. The molecule has 0 saturated heterocycles. The molecule has 2 rings (SSSR count). The minimum Gasteiger partial charge on any atom is -0.325 e. The van der Waals surface area contributed by atoms with E-state index < -0.39 is 10.0 Å². The van der Waals surface area contributed by atoms with Crippen molar-refractivity contribution in [1.82, 2.24) is 9.29 Å². The molecule has 2 N–H and O–H groups in total. The summed E-state index contributed by atoms with van der Waals surface area (Å²) in [5.41, 5.74) is 6.11. The van der Waals surface area contributed by atoms with Gasteiger partial charge in [-0.1, -0.05) is 26.7 Å². The molecule has 0 atom stereocenters. The van der Waals surface area contributed by atoms with Crippen LogP contribution in [0, 0.1) is 5.92 Å². The SMILES string of the molecule is CC(C)CN(C1CCCC1)S(=O)(=O)c1cccnc1CN. The van der Waals surface area contributed by atoms with Gasteiger partial charge in [0.05, 0.1) is 5.69 Å². The molecule has 1 aromatic rings. The topological polar surface area (TPSA) is 76.3 Å². The molecule has 6 heteroatoms. The zero-order valence-electron chi connectivity index (χ0n) is 12.8. The van der Waals surface area contributed by atoms with Gasteiger partial charge in [0.25, 0.3) is 0 Å². The zero-order chi connectivity index (χ0) is 15.5. The van der Waals surface area contributed by atoms with Crippen molar-refractivity contribution in [2.45, 2.75) is 57.0 Å². The van der Waals surface area contributed by atoms with Crippen LogP contribution in [0.4, 0.5) is 0 Å². The molecule has 0 aliphatic heterocycles. The summed E-state index contributed by atoms with van der Waals surface area (Å²) in [6.45, 7) is 4.77. The Labute approximate surface area is 127 Å². The second-order valence-corrected chi connectivity index (χ2v) is 7.92. The van der Waals surface area contributed by atoms with E-state index in [4.69, 9.17) is 5.73 Å². The second-order valence-electron chi connectivity index (χ2n) is 6.06. The molecule has 1 aliphatic rings. The maximum absolute atomic E-state index is 13.1. The van der Waals surface area contributed by atoms with Crippen molar-refractivity contribution in [3.63, 3.8) is 0 Å². The molecule has 118 valence electrons. The van der Waals surface area contributed by atoms with Crippen LogP contribution in [0.2, 0.25) is 0 Å². The molecule has 0 radical (unpaired) electrons. The lowest BCUT2D eigenvalue weighted by atomic mass is 10.2. The summed E-state index contributed by atoms with van der Waals surface area (Å²) in [5.74, 6) is 0.290. The van der Waals surface area contributed by atoms with Gasteiger partial charge in [0.2, 0.25) is 10.0 Å². The smallest absolute Gasteiger partial charge is 0.245 e. The van der Waals surface area contributed by atoms with Gasteiger partial charge in [0.1, 0.15) is 4.90 Å². The quantitative estimate of drug-likeness (QED) is 0.873.